The van der Waals surface area contributed by atoms with Gasteiger partial charge in [0.15, 0.2) is 0 Å². The Morgan fingerprint density at radius 1 is 0.867 bits per heavy atom. The van der Waals surface area contributed by atoms with E-state index in [1.54, 1.807) is 6.07 Å². The summed E-state index contributed by atoms with van der Waals surface area (Å²) in [5, 5.41) is 8.84. The van der Waals surface area contributed by atoms with Crippen molar-refractivity contribution in [3.8, 4) is 28.3 Å². The van der Waals surface area contributed by atoms with Gasteiger partial charge in [-0.1, -0.05) is 56.5 Å². The molecule has 0 unspecified atom stereocenters. The van der Waals surface area contributed by atoms with E-state index in [9.17, 15) is 8.78 Å². The van der Waals surface area contributed by atoms with Crippen LogP contribution in [0.25, 0.3) is 22.3 Å². The van der Waals surface area contributed by atoms with Crippen LogP contribution >= 0.6 is 0 Å². The van der Waals surface area contributed by atoms with Gasteiger partial charge in [-0.2, -0.15) is 5.26 Å². The zero-order chi connectivity index (χ0) is 21.3. The molecule has 0 N–H and O–H groups in total. The number of rotatable bonds is 6. The van der Waals surface area contributed by atoms with E-state index in [0.717, 1.165) is 41.7 Å². The number of halogens is 3. The van der Waals surface area contributed by atoms with Crippen molar-refractivity contribution in [2.75, 3.05) is 0 Å². The van der Waals surface area contributed by atoms with Crippen LogP contribution in [0.15, 0.2) is 42.5 Å². The molecule has 0 amide bonds. The highest BCUT2D eigenvalue weighted by Crippen LogP contribution is 2.41. The van der Waals surface area contributed by atoms with Crippen molar-refractivity contribution in [3.05, 3.63) is 82.2 Å². The second kappa shape index (κ2) is 8.36. The van der Waals surface area contributed by atoms with Gasteiger partial charge < -0.3 is 0 Å². The molecule has 0 aromatic heterocycles. The summed E-state index contributed by atoms with van der Waals surface area (Å²) in [6, 6.07) is 13.2. The third-order valence-electron chi connectivity index (χ3n) is 5.85. The molecule has 1 aliphatic carbocycles. The Bertz CT molecular complexity index is 1130. The van der Waals surface area contributed by atoms with Crippen LogP contribution in [0.3, 0.4) is 0 Å². The SMILES string of the molecule is CCCCCCc1ccc2c(c1)Cc1c-2ccc(-c2cc(F)c(C#N)c(F)c2)c1F. The van der Waals surface area contributed by atoms with Gasteiger partial charge >= 0.3 is 0 Å². The minimum atomic E-state index is -0.983. The first-order chi connectivity index (χ1) is 14.5. The molecule has 0 radical (unpaired) electrons. The van der Waals surface area contributed by atoms with Gasteiger partial charge in [-0.05, 0) is 52.8 Å². The summed E-state index contributed by atoms with van der Waals surface area (Å²) in [7, 11) is 0. The summed E-state index contributed by atoms with van der Waals surface area (Å²) in [5.74, 6) is -2.43. The Kier molecular flexibility index (Phi) is 5.63. The first kappa shape index (κ1) is 20.2. The van der Waals surface area contributed by atoms with Crippen molar-refractivity contribution in [2.45, 2.75) is 45.4 Å². The number of hydrogen-bond acceptors (Lipinski definition) is 1. The lowest BCUT2D eigenvalue weighted by molar-refractivity contribution is 0.577. The van der Waals surface area contributed by atoms with Gasteiger partial charge in [0.25, 0.3) is 0 Å². The summed E-state index contributed by atoms with van der Waals surface area (Å²) < 4.78 is 43.4. The van der Waals surface area contributed by atoms with E-state index >= 15 is 4.39 Å². The molecular formula is C26H22F3N. The predicted molar refractivity (Wildman–Crippen MR) is 113 cm³/mol. The normalized spacial score (nSPS) is 11.8. The molecule has 1 nitrogen and oxygen atoms in total. The Hall–Kier alpha value is -3.06. The summed E-state index contributed by atoms with van der Waals surface area (Å²) >= 11 is 0. The lowest BCUT2D eigenvalue weighted by Crippen LogP contribution is -1.96. The van der Waals surface area contributed by atoms with Crippen LogP contribution in [0, 0.1) is 28.8 Å². The lowest BCUT2D eigenvalue weighted by atomic mass is 9.97. The fourth-order valence-electron chi connectivity index (χ4n) is 4.26. The van der Waals surface area contributed by atoms with E-state index in [1.165, 1.54) is 30.9 Å². The smallest absolute Gasteiger partial charge is 0.144 e. The molecule has 0 fully saturated rings. The molecule has 30 heavy (non-hydrogen) atoms. The molecule has 0 aliphatic heterocycles. The van der Waals surface area contributed by atoms with Gasteiger partial charge in [0, 0.05) is 17.5 Å². The van der Waals surface area contributed by atoms with Gasteiger partial charge in [0.05, 0.1) is 0 Å². The minimum Gasteiger partial charge on any atom is -0.206 e. The third-order valence-corrected chi connectivity index (χ3v) is 5.85. The molecule has 0 saturated carbocycles. The van der Waals surface area contributed by atoms with Crippen LogP contribution in [0.4, 0.5) is 13.2 Å². The van der Waals surface area contributed by atoms with E-state index in [4.69, 9.17) is 5.26 Å². The highest BCUT2D eigenvalue weighted by Gasteiger charge is 2.25. The molecule has 1 aliphatic rings. The molecule has 152 valence electrons. The van der Waals surface area contributed by atoms with Gasteiger partial charge in [-0.25, -0.2) is 13.2 Å². The first-order valence-corrected chi connectivity index (χ1v) is 10.4. The van der Waals surface area contributed by atoms with Gasteiger partial charge in [-0.3, -0.25) is 0 Å². The maximum Gasteiger partial charge on any atom is 0.144 e. The van der Waals surface area contributed by atoms with Crippen molar-refractivity contribution >= 4 is 0 Å². The fourth-order valence-corrected chi connectivity index (χ4v) is 4.26. The van der Waals surface area contributed by atoms with E-state index in [-0.39, 0.29) is 11.1 Å². The van der Waals surface area contributed by atoms with E-state index in [2.05, 4.69) is 25.1 Å². The average molecular weight is 405 g/mol. The maximum atomic E-state index is 15.3. The van der Waals surface area contributed by atoms with Gasteiger partial charge in [0.2, 0.25) is 0 Å². The summed E-state index contributed by atoms with van der Waals surface area (Å²) in [6.45, 7) is 2.19. The molecule has 4 heteroatoms. The second-order valence-corrected chi connectivity index (χ2v) is 7.86. The standard InChI is InChI=1S/C26H22F3N/c1-2-3-4-5-6-16-7-8-19-17(11-16)12-22-21(19)10-9-20(26(22)29)18-13-24(27)23(15-30)25(28)14-18/h7-11,13-14H,2-6,12H2,1H3. The molecule has 3 aromatic carbocycles. The Labute approximate surface area is 174 Å². The summed E-state index contributed by atoms with van der Waals surface area (Å²) in [5.41, 5.74) is 4.33. The van der Waals surface area contributed by atoms with E-state index in [0.29, 0.717) is 12.0 Å². The Morgan fingerprint density at radius 3 is 2.27 bits per heavy atom. The van der Waals surface area contributed by atoms with Crippen molar-refractivity contribution in [1.82, 2.24) is 0 Å². The van der Waals surface area contributed by atoms with E-state index in [1.807, 2.05) is 6.07 Å². The molecule has 0 saturated heterocycles. The van der Waals surface area contributed by atoms with Gasteiger partial charge in [-0.15, -0.1) is 0 Å². The molecule has 0 atom stereocenters. The third kappa shape index (κ3) is 3.61. The van der Waals surface area contributed by atoms with Crippen LogP contribution in [-0.4, -0.2) is 0 Å². The summed E-state index contributed by atoms with van der Waals surface area (Å²) in [4.78, 5) is 0. The van der Waals surface area contributed by atoms with Gasteiger partial charge in [0.1, 0.15) is 29.1 Å². The van der Waals surface area contributed by atoms with Crippen molar-refractivity contribution < 1.29 is 13.2 Å². The first-order valence-electron chi connectivity index (χ1n) is 10.4. The number of unbranched alkanes of at least 4 members (excludes halogenated alkanes) is 3. The molecule has 0 spiro atoms. The molecule has 0 bridgehead atoms. The average Bonchev–Trinajstić information content (AvgIpc) is 3.10. The Morgan fingerprint density at radius 2 is 1.57 bits per heavy atom. The quantitative estimate of drug-likeness (QED) is 0.308. The number of benzene rings is 3. The zero-order valence-electron chi connectivity index (χ0n) is 16.9. The van der Waals surface area contributed by atoms with Crippen molar-refractivity contribution in [2.24, 2.45) is 0 Å². The topological polar surface area (TPSA) is 23.8 Å². The number of hydrogen-bond donors (Lipinski definition) is 0. The number of aryl methyl sites for hydroxylation is 1. The number of nitriles is 1. The van der Waals surface area contributed by atoms with Crippen LogP contribution in [0.2, 0.25) is 0 Å². The van der Waals surface area contributed by atoms with E-state index < -0.39 is 23.0 Å². The maximum absolute atomic E-state index is 15.3. The molecule has 4 rings (SSSR count). The molecule has 0 heterocycles. The largest absolute Gasteiger partial charge is 0.206 e. The van der Waals surface area contributed by atoms with Crippen LogP contribution in [0.5, 0.6) is 0 Å². The Balaban J connectivity index is 1.65. The van der Waals surface area contributed by atoms with Crippen LogP contribution in [-0.2, 0) is 12.8 Å². The fraction of sp³-hybridized carbons (Fsp3) is 0.269. The zero-order valence-corrected chi connectivity index (χ0v) is 16.9. The molecule has 3 aromatic rings. The number of fused-ring (bicyclic) bond motifs is 3. The predicted octanol–water partition coefficient (Wildman–Crippen LogP) is 7.34. The number of nitrogens with zero attached hydrogens (tertiary/aromatic N) is 1. The minimum absolute atomic E-state index is 0.0943. The lowest BCUT2D eigenvalue weighted by Gasteiger charge is -2.10. The van der Waals surface area contributed by atoms with Crippen molar-refractivity contribution in [3.63, 3.8) is 0 Å². The van der Waals surface area contributed by atoms with Crippen LogP contribution < -0.4 is 0 Å². The monoisotopic (exact) mass is 405 g/mol. The molecular weight excluding hydrogens is 383 g/mol. The van der Waals surface area contributed by atoms with Crippen LogP contribution in [0.1, 0.15) is 54.9 Å². The highest BCUT2D eigenvalue weighted by molar-refractivity contribution is 5.81. The van der Waals surface area contributed by atoms with Crippen molar-refractivity contribution in [1.29, 1.82) is 5.26 Å². The summed E-state index contributed by atoms with van der Waals surface area (Å²) in [6.07, 6.45) is 6.28. The second-order valence-electron chi connectivity index (χ2n) is 7.86. The highest BCUT2D eigenvalue weighted by atomic mass is 19.1.